The van der Waals surface area contributed by atoms with E-state index < -0.39 is 0 Å². The van der Waals surface area contributed by atoms with Crippen molar-refractivity contribution in [3.8, 4) is 0 Å². The van der Waals surface area contributed by atoms with E-state index in [4.69, 9.17) is 0 Å². The average molecular weight is 321 g/mol. The Morgan fingerprint density at radius 1 is 1.43 bits per heavy atom. The maximum Gasteiger partial charge on any atom is 0.226 e. The summed E-state index contributed by atoms with van der Waals surface area (Å²) in [6, 6.07) is 2.07. The second-order valence-electron chi connectivity index (χ2n) is 5.27. The molecule has 0 saturated carbocycles. The molecule has 1 aliphatic rings. The number of amides is 1. The number of aryl methyl sites for hydroxylation is 1. The molecule has 0 unspecified atom stereocenters. The molecule has 0 spiro atoms. The zero-order chi connectivity index (χ0) is 14.5. The van der Waals surface area contributed by atoms with Crippen LogP contribution < -0.4 is 10.6 Å². The van der Waals surface area contributed by atoms with Gasteiger partial charge in [0.1, 0.15) is 0 Å². The fourth-order valence-electron chi connectivity index (χ4n) is 2.51. The van der Waals surface area contributed by atoms with Crippen LogP contribution >= 0.6 is 22.7 Å². The predicted octanol–water partition coefficient (Wildman–Crippen LogP) is 3.24. The van der Waals surface area contributed by atoms with Gasteiger partial charge in [-0.15, -0.1) is 11.3 Å². The fraction of sp³-hybridized carbons (Fsp3) is 0.467. The van der Waals surface area contributed by atoms with Gasteiger partial charge in [-0.25, -0.2) is 4.98 Å². The number of piperidine rings is 1. The van der Waals surface area contributed by atoms with Crippen molar-refractivity contribution in [1.29, 1.82) is 0 Å². The number of thiazole rings is 1. The standard InChI is InChI=1S/C15H19N3OS2/c19-14(2-1-11-5-8-20-10-11)18-15-17-9-13(21-15)12-3-6-16-7-4-12/h5,8-10,12,16H,1-4,6-7H2,(H,17,18,19). The summed E-state index contributed by atoms with van der Waals surface area (Å²) >= 11 is 3.29. The smallest absolute Gasteiger partial charge is 0.226 e. The molecule has 0 bridgehead atoms. The number of hydrogen-bond donors (Lipinski definition) is 2. The molecular weight excluding hydrogens is 302 g/mol. The van der Waals surface area contributed by atoms with Crippen LogP contribution in [0.25, 0.3) is 0 Å². The van der Waals surface area contributed by atoms with E-state index in [9.17, 15) is 4.79 Å². The number of aromatic nitrogens is 1. The summed E-state index contributed by atoms with van der Waals surface area (Å²) in [6.45, 7) is 2.15. The summed E-state index contributed by atoms with van der Waals surface area (Å²) < 4.78 is 0. The van der Waals surface area contributed by atoms with Gasteiger partial charge < -0.3 is 10.6 Å². The third-order valence-corrected chi connectivity index (χ3v) is 5.54. The number of carbonyl (C=O) groups is 1. The number of nitrogens with one attached hydrogen (secondary N) is 2. The van der Waals surface area contributed by atoms with Crippen LogP contribution in [0, 0.1) is 0 Å². The first kappa shape index (κ1) is 14.7. The minimum absolute atomic E-state index is 0.0485. The topological polar surface area (TPSA) is 54.0 Å². The Balaban J connectivity index is 1.50. The highest BCUT2D eigenvalue weighted by atomic mass is 32.1. The molecule has 4 nitrogen and oxygen atoms in total. The van der Waals surface area contributed by atoms with Gasteiger partial charge >= 0.3 is 0 Å². The zero-order valence-corrected chi connectivity index (χ0v) is 13.4. The number of rotatable bonds is 5. The Kier molecular flexibility index (Phi) is 5.00. The van der Waals surface area contributed by atoms with E-state index in [0.29, 0.717) is 12.3 Å². The molecule has 2 aromatic rings. The molecule has 1 fully saturated rings. The summed E-state index contributed by atoms with van der Waals surface area (Å²) in [5.41, 5.74) is 1.23. The molecule has 0 atom stereocenters. The van der Waals surface area contributed by atoms with Gasteiger partial charge in [-0.3, -0.25) is 4.79 Å². The van der Waals surface area contributed by atoms with Crippen molar-refractivity contribution in [3.63, 3.8) is 0 Å². The highest BCUT2D eigenvalue weighted by Crippen LogP contribution is 2.31. The normalized spacial score (nSPS) is 16.0. The number of thiophene rings is 1. The Hall–Kier alpha value is -1.24. The van der Waals surface area contributed by atoms with Gasteiger partial charge in [-0.1, -0.05) is 0 Å². The van der Waals surface area contributed by atoms with Crippen molar-refractivity contribution in [2.75, 3.05) is 18.4 Å². The van der Waals surface area contributed by atoms with Crippen LogP contribution in [0.5, 0.6) is 0 Å². The minimum atomic E-state index is 0.0485. The highest BCUT2D eigenvalue weighted by Gasteiger charge is 2.18. The van der Waals surface area contributed by atoms with E-state index in [1.807, 2.05) is 11.6 Å². The summed E-state index contributed by atoms with van der Waals surface area (Å²) in [7, 11) is 0. The van der Waals surface area contributed by atoms with Crippen LogP contribution in [0.2, 0.25) is 0 Å². The Labute approximate surface area is 132 Å². The second kappa shape index (κ2) is 7.15. The van der Waals surface area contributed by atoms with Crippen molar-refractivity contribution in [3.05, 3.63) is 33.5 Å². The first-order valence-corrected chi connectivity index (χ1v) is 9.04. The summed E-state index contributed by atoms with van der Waals surface area (Å²) in [5.74, 6) is 0.646. The lowest BCUT2D eigenvalue weighted by Gasteiger charge is -2.20. The minimum Gasteiger partial charge on any atom is -0.317 e. The number of anilines is 1. The first-order chi connectivity index (χ1) is 10.3. The highest BCUT2D eigenvalue weighted by molar-refractivity contribution is 7.15. The van der Waals surface area contributed by atoms with Crippen LogP contribution in [-0.2, 0) is 11.2 Å². The van der Waals surface area contributed by atoms with Crippen molar-refractivity contribution in [1.82, 2.24) is 10.3 Å². The molecule has 1 saturated heterocycles. The molecule has 2 N–H and O–H groups in total. The van der Waals surface area contributed by atoms with Crippen LogP contribution in [-0.4, -0.2) is 24.0 Å². The van der Waals surface area contributed by atoms with Crippen LogP contribution in [0.1, 0.15) is 35.6 Å². The lowest BCUT2D eigenvalue weighted by molar-refractivity contribution is -0.116. The third-order valence-electron chi connectivity index (χ3n) is 3.73. The molecule has 0 aliphatic carbocycles. The first-order valence-electron chi connectivity index (χ1n) is 7.28. The largest absolute Gasteiger partial charge is 0.317 e. The van der Waals surface area contributed by atoms with E-state index in [0.717, 1.165) is 37.5 Å². The quantitative estimate of drug-likeness (QED) is 0.889. The molecule has 0 radical (unpaired) electrons. The van der Waals surface area contributed by atoms with Crippen molar-refractivity contribution < 1.29 is 4.79 Å². The molecule has 1 aliphatic heterocycles. The average Bonchev–Trinajstić information content (AvgIpc) is 3.17. The van der Waals surface area contributed by atoms with Gasteiger partial charge in [-0.05, 0) is 60.7 Å². The number of nitrogens with zero attached hydrogens (tertiary/aromatic N) is 1. The van der Waals surface area contributed by atoms with E-state index >= 15 is 0 Å². The van der Waals surface area contributed by atoms with Gasteiger partial charge in [0.25, 0.3) is 0 Å². The maximum atomic E-state index is 11.9. The third kappa shape index (κ3) is 4.12. The molecule has 0 aromatic carbocycles. The van der Waals surface area contributed by atoms with Crippen LogP contribution in [0.15, 0.2) is 23.0 Å². The van der Waals surface area contributed by atoms with E-state index in [1.165, 1.54) is 10.4 Å². The fourth-order valence-corrected chi connectivity index (χ4v) is 4.22. The number of carbonyl (C=O) groups excluding carboxylic acids is 1. The van der Waals surface area contributed by atoms with Crippen molar-refractivity contribution >= 4 is 33.7 Å². The molecule has 1 amide bonds. The molecule has 2 aromatic heterocycles. The molecule has 21 heavy (non-hydrogen) atoms. The summed E-state index contributed by atoms with van der Waals surface area (Å²) in [5, 5.41) is 11.2. The van der Waals surface area contributed by atoms with Gasteiger partial charge in [-0.2, -0.15) is 11.3 Å². The monoisotopic (exact) mass is 321 g/mol. The SMILES string of the molecule is O=C(CCc1ccsc1)Nc1ncc(C2CCNCC2)s1. The van der Waals surface area contributed by atoms with Gasteiger partial charge in [0.05, 0.1) is 0 Å². The summed E-state index contributed by atoms with van der Waals surface area (Å²) in [6.07, 6.45) is 5.55. The van der Waals surface area contributed by atoms with Crippen molar-refractivity contribution in [2.24, 2.45) is 0 Å². The molecule has 6 heteroatoms. The molecular formula is C15H19N3OS2. The molecule has 3 heterocycles. The number of hydrogen-bond acceptors (Lipinski definition) is 5. The van der Waals surface area contributed by atoms with Gasteiger partial charge in [0, 0.05) is 17.5 Å². The lowest BCUT2D eigenvalue weighted by atomic mass is 9.97. The zero-order valence-electron chi connectivity index (χ0n) is 11.8. The summed E-state index contributed by atoms with van der Waals surface area (Å²) in [4.78, 5) is 17.6. The van der Waals surface area contributed by atoms with Crippen molar-refractivity contribution in [2.45, 2.75) is 31.6 Å². The van der Waals surface area contributed by atoms with Gasteiger partial charge in [0.15, 0.2) is 5.13 Å². The van der Waals surface area contributed by atoms with Crippen LogP contribution in [0.4, 0.5) is 5.13 Å². The Morgan fingerprint density at radius 2 is 2.29 bits per heavy atom. The van der Waals surface area contributed by atoms with E-state index in [2.05, 4.69) is 27.1 Å². The Morgan fingerprint density at radius 3 is 3.05 bits per heavy atom. The predicted molar refractivity (Wildman–Crippen MR) is 88.2 cm³/mol. The Bertz CT molecular complexity index is 574. The second-order valence-corrected chi connectivity index (χ2v) is 7.11. The lowest BCUT2D eigenvalue weighted by Crippen LogP contribution is -2.26. The molecule has 112 valence electrons. The van der Waals surface area contributed by atoms with Gasteiger partial charge in [0.2, 0.25) is 5.91 Å². The van der Waals surface area contributed by atoms with E-state index in [-0.39, 0.29) is 5.91 Å². The van der Waals surface area contributed by atoms with E-state index in [1.54, 1.807) is 22.7 Å². The maximum absolute atomic E-state index is 11.9. The van der Waals surface area contributed by atoms with Crippen LogP contribution in [0.3, 0.4) is 0 Å². The molecule has 3 rings (SSSR count).